The fraction of sp³-hybridized carbons (Fsp3) is 0.533. The third-order valence-corrected chi connectivity index (χ3v) is 7.32. The van der Waals surface area contributed by atoms with Gasteiger partial charge in [-0.15, -0.1) is 0 Å². The van der Waals surface area contributed by atoms with Crippen molar-refractivity contribution in [1.82, 2.24) is 10.2 Å². The van der Waals surface area contributed by atoms with E-state index in [1.807, 2.05) is 0 Å². The molecule has 0 radical (unpaired) electrons. The van der Waals surface area contributed by atoms with Crippen LogP contribution in [0.25, 0.3) is 0 Å². The molecule has 1 atom stereocenters. The molecule has 1 saturated heterocycles. The fourth-order valence-corrected chi connectivity index (χ4v) is 4.77. The average Bonchev–Trinajstić information content (AvgIpc) is 3.16. The Kier molecular flexibility index (Phi) is 10.6. The molecule has 3 amide bonds. The van der Waals surface area contributed by atoms with Crippen LogP contribution < -0.4 is 14.8 Å². The van der Waals surface area contributed by atoms with Gasteiger partial charge in [0.1, 0.15) is 17.0 Å². The summed E-state index contributed by atoms with van der Waals surface area (Å²) in [6.07, 6.45) is -8.89. The first-order valence-electron chi connectivity index (χ1n) is 14.1. The Bertz CT molecular complexity index is 1250. The van der Waals surface area contributed by atoms with Gasteiger partial charge < -0.3 is 19.9 Å². The molecule has 2 aromatic carbocycles. The minimum Gasteiger partial charge on any atom is -0.494 e. The van der Waals surface area contributed by atoms with Gasteiger partial charge in [-0.25, -0.2) is 4.79 Å². The van der Waals surface area contributed by atoms with Gasteiger partial charge in [0.2, 0.25) is 0 Å². The number of urea groups is 1. The number of nitrogens with zero attached hydrogens (tertiary/aromatic N) is 1. The summed E-state index contributed by atoms with van der Waals surface area (Å²) < 4.78 is 91.2. The maximum absolute atomic E-state index is 13.3. The number of rotatable bonds is 14. The average molecular weight is 619 g/mol. The number of alkyl halides is 6. The predicted molar refractivity (Wildman–Crippen MR) is 146 cm³/mol. The number of carbonyl (C=O) groups excluding carboxylic acids is 2. The summed E-state index contributed by atoms with van der Waals surface area (Å²) in [5.41, 5.74) is -6.96. The van der Waals surface area contributed by atoms with E-state index >= 15 is 0 Å². The molecule has 2 N–H and O–H groups in total. The molecule has 13 heteroatoms. The van der Waals surface area contributed by atoms with Crippen molar-refractivity contribution in [1.29, 1.82) is 0 Å². The van der Waals surface area contributed by atoms with Crippen LogP contribution in [0.2, 0.25) is 0 Å². The number of benzene rings is 2. The highest BCUT2D eigenvalue weighted by molar-refractivity contribution is 6.07. The third kappa shape index (κ3) is 7.19. The Labute approximate surface area is 246 Å². The molecule has 2 aromatic rings. The van der Waals surface area contributed by atoms with Crippen LogP contribution in [0.3, 0.4) is 0 Å². The molecule has 1 unspecified atom stereocenters. The lowest BCUT2D eigenvalue weighted by Crippen LogP contribution is -2.53. The second-order valence-corrected chi connectivity index (χ2v) is 10.6. The smallest absolute Gasteiger partial charge is 0.430 e. The second kappa shape index (κ2) is 13.4. The van der Waals surface area contributed by atoms with E-state index in [0.29, 0.717) is 49.3 Å². The molecule has 7 nitrogen and oxygen atoms in total. The Hall–Kier alpha value is -3.48. The number of unbranched alkanes of at least 4 members (excludes halogenated alkanes) is 2. The molecule has 238 valence electrons. The van der Waals surface area contributed by atoms with E-state index in [1.165, 1.54) is 0 Å². The maximum atomic E-state index is 13.3. The van der Waals surface area contributed by atoms with Gasteiger partial charge >= 0.3 is 18.4 Å². The lowest BCUT2D eigenvalue weighted by atomic mass is 9.90. The summed E-state index contributed by atoms with van der Waals surface area (Å²) in [5.74, 6) is 0.310. The molecule has 0 aliphatic carbocycles. The number of aryl methyl sites for hydroxylation is 1. The first kappa shape index (κ1) is 34.0. The van der Waals surface area contributed by atoms with E-state index < -0.39 is 41.0 Å². The number of hydrogen-bond acceptors (Lipinski definition) is 5. The van der Waals surface area contributed by atoms with E-state index in [1.54, 1.807) is 38.1 Å². The van der Waals surface area contributed by atoms with Crippen LogP contribution in [0.5, 0.6) is 11.5 Å². The quantitative estimate of drug-likeness (QED) is 0.139. The number of hydrogen-bond donors (Lipinski definition) is 2. The topological polar surface area (TPSA) is 88.1 Å². The highest BCUT2D eigenvalue weighted by atomic mass is 19.4. The normalized spacial score (nSPS) is 17.8. The van der Waals surface area contributed by atoms with E-state index in [-0.39, 0.29) is 30.9 Å². The van der Waals surface area contributed by atoms with Crippen LogP contribution in [0.1, 0.15) is 69.6 Å². The van der Waals surface area contributed by atoms with Gasteiger partial charge in [-0.3, -0.25) is 9.69 Å². The number of carbonyl (C=O) groups is 2. The molecule has 43 heavy (non-hydrogen) atoms. The summed E-state index contributed by atoms with van der Waals surface area (Å²) in [5, 5.41) is 12.5. The highest BCUT2D eigenvalue weighted by Crippen LogP contribution is 2.50. The van der Waals surface area contributed by atoms with Gasteiger partial charge in [0.05, 0.1) is 13.2 Å². The van der Waals surface area contributed by atoms with Crippen molar-refractivity contribution >= 4 is 11.9 Å². The van der Waals surface area contributed by atoms with Crippen molar-refractivity contribution in [2.75, 3.05) is 19.8 Å². The Morgan fingerprint density at radius 2 is 1.49 bits per heavy atom. The van der Waals surface area contributed by atoms with E-state index in [2.05, 4.69) is 12.2 Å². The molecule has 0 bridgehead atoms. The SMILES string of the molecule is CCCCOc1ccc(C2(C)NC(=O)N(CCCCOc3ccc(C(O)(C(F)(F)F)C(F)(F)F)cc3CCC)C2=O)cc1. The standard InChI is InChI=1S/C30H36F6N2O5/c1-4-6-17-42-23-13-10-21(11-14-23)27(3)25(39)38(26(40)37-27)16-7-8-18-43-24-15-12-22(19-20(24)9-5-2)28(41,29(31,32)33)30(34,35)36/h10-15,19,41H,4-9,16-18H2,1-3H3,(H,37,40). The largest absolute Gasteiger partial charge is 0.494 e. The van der Waals surface area contributed by atoms with E-state index in [4.69, 9.17) is 9.47 Å². The van der Waals surface area contributed by atoms with Crippen LogP contribution >= 0.6 is 0 Å². The lowest BCUT2D eigenvalue weighted by molar-refractivity contribution is -0.376. The van der Waals surface area contributed by atoms with Crippen LogP contribution in [0.15, 0.2) is 42.5 Å². The number of halogens is 6. The molecular formula is C30H36F6N2O5. The molecule has 0 spiro atoms. The van der Waals surface area contributed by atoms with Gasteiger partial charge in [-0.05, 0) is 68.0 Å². The van der Waals surface area contributed by atoms with Crippen molar-refractivity contribution in [3.8, 4) is 11.5 Å². The Morgan fingerprint density at radius 3 is 2.07 bits per heavy atom. The summed E-state index contributed by atoms with van der Waals surface area (Å²) in [4.78, 5) is 26.9. The lowest BCUT2D eigenvalue weighted by Gasteiger charge is -2.33. The first-order valence-corrected chi connectivity index (χ1v) is 14.1. The van der Waals surface area contributed by atoms with Gasteiger partial charge in [0.15, 0.2) is 0 Å². The van der Waals surface area contributed by atoms with Crippen LogP contribution in [0, 0.1) is 0 Å². The summed E-state index contributed by atoms with van der Waals surface area (Å²) in [6.45, 7) is 6.04. The van der Waals surface area contributed by atoms with E-state index in [9.17, 15) is 41.0 Å². The molecule has 3 rings (SSSR count). The molecular weight excluding hydrogens is 582 g/mol. The number of nitrogens with one attached hydrogen (secondary N) is 1. The van der Waals surface area contributed by atoms with Gasteiger partial charge in [0.25, 0.3) is 11.5 Å². The number of ether oxygens (including phenoxy) is 2. The van der Waals surface area contributed by atoms with Crippen molar-refractivity contribution in [3.05, 3.63) is 59.2 Å². The maximum Gasteiger partial charge on any atom is 0.430 e. The monoisotopic (exact) mass is 618 g/mol. The van der Waals surface area contributed by atoms with Gasteiger partial charge in [0, 0.05) is 12.1 Å². The zero-order valence-electron chi connectivity index (χ0n) is 24.2. The Morgan fingerprint density at radius 1 is 0.860 bits per heavy atom. The predicted octanol–water partition coefficient (Wildman–Crippen LogP) is 6.76. The van der Waals surface area contributed by atoms with Gasteiger partial charge in [-0.2, -0.15) is 26.3 Å². The van der Waals surface area contributed by atoms with Crippen LogP contribution in [-0.4, -0.2) is 54.1 Å². The molecule has 0 saturated carbocycles. The van der Waals surface area contributed by atoms with Crippen molar-refractivity contribution < 1.29 is 50.5 Å². The Balaban J connectivity index is 1.60. The van der Waals surface area contributed by atoms with Crippen molar-refractivity contribution in [2.24, 2.45) is 0 Å². The van der Waals surface area contributed by atoms with Crippen LogP contribution in [0.4, 0.5) is 31.1 Å². The minimum atomic E-state index is -5.99. The summed E-state index contributed by atoms with van der Waals surface area (Å²) in [7, 11) is 0. The molecule has 1 aliphatic heterocycles. The molecule has 1 heterocycles. The number of aliphatic hydroxyl groups is 1. The van der Waals surface area contributed by atoms with Crippen molar-refractivity contribution in [2.45, 2.75) is 82.8 Å². The number of imide groups is 1. The van der Waals surface area contributed by atoms with Crippen molar-refractivity contribution in [3.63, 3.8) is 0 Å². The first-order chi connectivity index (χ1) is 20.1. The zero-order chi connectivity index (χ0) is 32.1. The fourth-order valence-electron chi connectivity index (χ4n) is 4.77. The third-order valence-electron chi connectivity index (χ3n) is 7.32. The summed E-state index contributed by atoms with van der Waals surface area (Å²) >= 11 is 0. The van der Waals surface area contributed by atoms with Gasteiger partial charge in [-0.1, -0.05) is 44.9 Å². The molecule has 1 fully saturated rings. The second-order valence-electron chi connectivity index (χ2n) is 10.6. The summed E-state index contributed by atoms with van der Waals surface area (Å²) in [6, 6.07) is 8.56. The molecule has 1 aliphatic rings. The number of amides is 3. The minimum absolute atomic E-state index is 0.0271. The van der Waals surface area contributed by atoms with E-state index in [0.717, 1.165) is 23.8 Å². The van der Waals surface area contributed by atoms with Crippen LogP contribution in [-0.2, 0) is 22.4 Å². The highest BCUT2D eigenvalue weighted by Gasteiger charge is 2.71. The zero-order valence-corrected chi connectivity index (χ0v) is 24.2. The molecule has 0 aromatic heterocycles.